The van der Waals surface area contributed by atoms with Crippen molar-refractivity contribution < 1.29 is 50.9 Å². The van der Waals surface area contributed by atoms with Gasteiger partial charge in [-0.2, -0.15) is 26.3 Å². The van der Waals surface area contributed by atoms with Crippen molar-refractivity contribution in [3.63, 3.8) is 0 Å². The number of piperazine rings is 1. The number of benzene rings is 1. The van der Waals surface area contributed by atoms with Gasteiger partial charge in [0.2, 0.25) is 5.91 Å². The fraction of sp³-hybridized carbons (Fsp3) is 0.435. The molecule has 1 aromatic carbocycles. The molecule has 0 spiro atoms. The van der Waals surface area contributed by atoms with Gasteiger partial charge in [-0.05, 0) is 25.0 Å². The SMILES string of the molecule is Cc1ccc(C(O)(C(N)=O)C(F)(F)F)cc1-c1cnc(N)c(N2CCN3C(=O)CCC3C2)n1.O=C(O)C(F)(F)F. The lowest BCUT2D eigenvalue weighted by Gasteiger charge is -2.38. The van der Waals surface area contributed by atoms with Crippen molar-refractivity contribution in [2.45, 2.75) is 43.8 Å². The van der Waals surface area contributed by atoms with Crippen LogP contribution in [0.2, 0.25) is 0 Å². The Hall–Kier alpha value is -4.15. The van der Waals surface area contributed by atoms with Crippen molar-refractivity contribution in [1.82, 2.24) is 14.9 Å². The first-order valence-corrected chi connectivity index (χ1v) is 11.6. The lowest BCUT2D eigenvalue weighted by molar-refractivity contribution is -0.255. The van der Waals surface area contributed by atoms with Gasteiger partial charge in [0.25, 0.3) is 11.5 Å². The molecule has 2 amide bonds. The monoisotopic (exact) mass is 578 g/mol. The molecule has 0 saturated carbocycles. The number of hydrogen-bond donors (Lipinski definition) is 4. The molecule has 218 valence electrons. The van der Waals surface area contributed by atoms with Gasteiger partial charge in [0.05, 0.1) is 11.9 Å². The predicted octanol–water partition coefficient (Wildman–Crippen LogP) is 1.71. The van der Waals surface area contributed by atoms with Crippen molar-refractivity contribution in [1.29, 1.82) is 0 Å². The van der Waals surface area contributed by atoms with Crippen LogP contribution >= 0.6 is 0 Å². The second-order valence-electron chi connectivity index (χ2n) is 9.09. The van der Waals surface area contributed by atoms with Gasteiger partial charge in [-0.1, -0.05) is 12.1 Å². The largest absolute Gasteiger partial charge is 0.490 e. The van der Waals surface area contributed by atoms with Crippen molar-refractivity contribution in [2.24, 2.45) is 5.73 Å². The molecule has 3 heterocycles. The number of carbonyl (C=O) groups is 3. The van der Waals surface area contributed by atoms with Crippen LogP contribution in [0.5, 0.6) is 0 Å². The molecule has 2 atom stereocenters. The number of primary amides is 1. The highest BCUT2D eigenvalue weighted by Gasteiger charge is 2.60. The smallest absolute Gasteiger partial charge is 0.475 e. The summed E-state index contributed by atoms with van der Waals surface area (Å²) in [6, 6.07) is 3.41. The Balaban J connectivity index is 0.000000559. The maximum atomic E-state index is 13.5. The van der Waals surface area contributed by atoms with E-state index in [9.17, 15) is 41.0 Å². The summed E-state index contributed by atoms with van der Waals surface area (Å²) in [5.41, 5.74) is 7.40. The first kappa shape index (κ1) is 30.4. The number of nitrogens with zero attached hydrogens (tertiary/aromatic N) is 4. The number of nitrogen functional groups attached to an aromatic ring is 1. The van der Waals surface area contributed by atoms with Gasteiger partial charge in [0, 0.05) is 43.2 Å². The third-order valence-electron chi connectivity index (χ3n) is 6.52. The van der Waals surface area contributed by atoms with E-state index in [2.05, 4.69) is 9.97 Å². The number of anilines is 2. The van der Waals surface area contributed by atoms with E-state index >= 15 is 0 Å². The number of carboxylic acids is 1. The van der Waals surface area contributed by atoms with Crippen LogP contribution in [0.15, 0.2) is 24.4 Å². The normalized spacial score (nSPS) is 18.9. The van der Waals surface area contributed by atoms with Gasteiger partial charge >= 0.3 is 18.3 Å². The van der Waals surface area contributed by atoms with Crippen molar-refractivity contribution in [3.05, 3.63) is 35.5 Å². The summed E-state index contributed by atoms with van der Waals surface area (Å²) < 4.78 is 72.4. The Morgan fingerprint density at radius 3 is 2.30 bits per heavy atom. The number of carbonyl (C=O) groups excluding carboxylic acids is 2. The molecule has 2 saturated heterocycles. The number of fused-ring (bicyclic) bond motifs is 1. The number of alkyl halides is 6. The average Bonchev–Trinajstić information content (AvgIpc) is 3.23. The lowest BCUT2D eigenvalue weighted by Crippen LogP contribution is -2.52. The molecule has 2 fully saturated rings. The fourth-order valence-electron chi connectivity index (χ4n) is 4.38. The zero-order valence-electron chi connectivity index (χ0n) is 20.8. The maximum Gasteiger partial charge on any atom is 0.490 e. The number of aryl methyl sites for hydroxylation is 1. The van der Waals surface area contributed by atoms with Crippen molar-refractivity contribution >= 4 is 29.4 Å². The average molecular weight is 578 g/mol. The molecule has 0 bridgehead atoms. The highest BCUT2D eigenvalue weighted by molar-refractivity contribution is 5.86. The Morgan fingerprint density at radius 1 is 1.12 bits per heavy atom. The summed E-state index contributed by atoms with van der Waals surface area (Å²) in [7, 11) is 0. The first-order chi connectivity index (χ1) is 18.4. The molecule has 2 aliphatic heterocycles. The quantitative estimate of drug-likeness (QED) is 0.394. The number of carboxylic acid groups (broad SMARTS) is 1. The summed E-state index contributed by atoms with van der Waals surface area (Å²) in [5, 5.41) is 17.3. The summed E-state index contributed by atoms with van der Waals surface area (Å²) in [5.74, 6) is -4.07. The summed E-state index contributed by atoms with van der Waals surface area (Å²) in [4.78, 5) is 44.9. The Labute approximate surface area is 222 Å². The number of hydrogen-bond acceptors (Lipinski definition) is 8. The van der Waals surface area contributed by atoms with E-state index in [0.29, 0.717) is 37.4 Å². The highest BCUT2D eigenvalue weighted by atomic mass is 19.4. The van der Waals surface area contributed by atoms with Crippen LogP contribution in [-0.4, -0.2) is 80.9 Å². The molecule has 11 nitrogen and oxygen atoms in total. The molecule has 1 aromatic heterocycles. The fourth-order valence-corrected chi connectivity index (χ4v) is 4.38. The third kappa shape index (κ3) is 5.88. The first-order valence-electron chi connectivity index (χ1n) is 11.6. The van der Waals surface area contributed by atoms with Crippen LogP contribution in [0, 0.1) is 6.92 Å². The molecule has 0 radical (unpaired) electrons. The van der Waals surface area contributed by atoms with E-state index in [4.69, 9.17) is 21.4 Å². The zero-order chi connectivity index (χ0) is 30.2. The summed E-state index contributed by atoms with van der Waals surface area (Å²) in [6.45, 7) is 3.17. The van der Waals surface area contributed by atoms with Crippen LogP contribution in [-0.2, 0) is 20.0 Å². The summed E-state index contributed by atoms with van der Waals surface area (Å²) in [6.07, 6.45) is -7.86. The molecule has 2 aliphatic rings. The number of rotatable bonds is 4. The predicted molar refractivity (Wildman–Crippen MR) is 126 cm³/mol. The van der Waals surface area contributed by atoms with Crippen LogP contribution in [0.1, 0.15) is 24.0 Å². The molecule has 2 aromatic rings. The molecular weight excluding hydrogens is 554 g/mol. The zero-order valence-corrected chi connectivity index (χ0v) is 20.8. The van der Waals surface area contributed by atoms with E-state index in [-0.39, 0.29) is 29.0 Å². The molecule has 0 aliphatic carbocycles. The summed E-state index contributed by atoms with van der Waals surface area (Å²) >= 11 is 0. The van der Waals surface area contributed by atoms with Crippen LogP contribution in [0.4, 0.5) is 38.0 Å². The molecular formula is C23H24F6N6O5. The standard InChI is InChI=1S/C21H23F3N6O3.C2HF3O2/c1-11-2-3-12(20(33,19(26)32)21(22,23)24)8-14(11)15-9-27-17(25)18(28-15)29-6-7-30-13(10-29)4-5-16(30)31;3-2(4,5)1(6)7/h2-3,8-9,13,33H,4-7,10H2,1H3,(H2,25,27)(H2,26,32);(H,6,7). The molecule has 40 heavy (non-hydrogen) atoms. The minimum atomic E-state index is -5.32. The van der Waals surface area contributed by atoms with E-state index in [1.54, 1.807) is 6.92 Å². The number of halogens is 6. The van der Waals surface area contributed by atoms with Gasteiger partial charge in [0.15, 0.2) is 11.6 Å². The van der Waals surface area contributed by atoms with Gasteiger partial charge in [-0.3, -0.25) is 9.59 Å². The van der Waals surface area contributed by atoms with Gasteiger partial charge in [0.1, 0.15) is 0 Å². The van der Waals surface area contributed by atoms with E-state index < -0.39 is 35.4 Å². The second-order valence-corrected chi connectivity index (χ2v) is 9.09. The minimum Gasteiger partial charge on any atom is -0.475 e. The lowest BCUT2D eigenvalue weighted by atomic mass is 9.89. The Bertz CT molecular complexity index is 1320. The number of nitrogens with two attached hydrogens (primary N) is 2. The van der Waals surface area contributed by atoms with Gasteiger partial charge in [-0.25, -0.2) is 14.8 Å². The van der Waals surface area contributed by atoms with Crippen molar-refractivity contribution in [3.8, 4) is 11.3 Å². The van der Waals surface area contributed by atoms with E-state index in [1.165, 1.54) is 12.3 Å². The van der Waals surface area contributed by atoms with Gasteiger partial charge in [-0.15, -0.1) is 0 Å². The minimum absolute atomic E-state index is 0.0403. The Morgan fingerprint density at radius 2 is 1.75 bits per heavy atom. The molecule has 17 heteroatoms. The number of aliphatic carboxylic acids is 1. The topological polar surface area (TPSA) is 176 Å². The second kappa shape index (κ2) is 10.8. The van der Waals surface area contributed by atoms with Crippen LogP contribution in [0.25, 0.3) is 11.3 Å². The molecule has 4 rings (SSSR count). The maximum absolute atomic E-state index is 13.5. The van der Waals surface area contributed by atoms with E-state index in [0.717, 1.165) is 18.6 Å². The molecule has 2 unspecified atom stereocenters. The van der Waals surface area contributed by atoms with E-state index in [1.807, 2.05) is 9.80 Å². The number of aliphatic hydroxyl groups is 1. The Kier molecular flexibility index (Phi) is 8.19. The van der Waals surface area contributed by atoms with Gasteiger partial charge < -0.3 is 31.5 Å². The van der Waals surface area contributed by atoms with Crippen molar-refractivity contribution in [2.75, 3.05) is 30.3 Å². The number of aromatic nitrogens is 2. The van der Waals surface area contributed by atoms with Crippen LogP contribution < -0.4 is 16.4 Å². The highest BCUT2D eigenvalue weighted by Crippen LogP contribution is 2.40. The third-order valence-corrected chi connectivity index (χ3v) is 6.52. The molecule has 6 N–H and O–H groups in total. The number of amides is 2. The van der Waals surface area contributed by atoms with Crippen LogP contribution in [0.3, 0.4) is 0 Å².